The van der Waals surface area contributed by atoms with Crippen molar-refractivity contribution < 1.29 is 14.3 Å². The zero-order chi connectivity index (χ0) is 21.1. The van der Waals surface area contributed by atoms with E-state index in [4.69, 9.17) is 16.3 Å². The summed E-state index contributed by atoms with van der Waals surface area (Å²) in [4.78, 5) is 26.6. The van der Waals surface area contributed by atoms with Crippen molar-refractivity contribution >= 4 is 45.6 Å². The molecule has 2 amide bonds. The molecule has 2 heterocycles. The number of amides is 2. The maximum absolute atomic E-state index is 12.6. The number of hydrogen-bond donors (Lipinski definition) is 1. The average molecular weight is 443 g/mol. The number of nitrogens with one attached hydrogen (secondary N) is 1. The summed E-state index contributed by atoms with van der Waals surface area (Å²) < 4.78 is 5.16. The highest BCUT2D eigenvalue weighted by molar-refractivity contribution is 7.15. The van der Waals surface area contributed by atoms with E-state index in [0.717, 1.165) is 22.0 Å². The van der Waals surface area contributed by atoms with Gasteiger partial charge >= 0.3 is 0 Å². The number of nitrogens with zero attached hydrogens (tertiary/aromatic N) is 3. The lowest BCUT2D eigenvalue weighted by molar-refractivity contribution is -0.122. The smallest absolute Gasteiger partial charge is 0.231 e. The molecule has 0 bridgehead atoms. The highest BCUT2D eigenvalue weighted by Gasteiger charge is 2.35. The molecule has 3 aromatic rings. The van der Waals surface area contributed by atoms with Crippen molar-refractivity contribution in [2.75, 3.05) is 23.9 Å². The first-order valence-corrected chi connectivity index (χ1v) is 10.5. The first-order valence-electron chi connectivity index (χ1n) is 9.34. The van der Waals surface area contributed by atoms with Crippen LogP contribution < -0.4 is 15.0 Å². The summed E-state index contributed by atoms with van der Waals surface area (Å²) in [5.74, 6) is 0.0340. The molecule has 0 aliphatic carbocycles. The molecular formula is C21H19ClN4O3S. The number of halogens is 1. The molecule has 1 fully saturated rings. The number of rotatable bonds is 6. The van der Waals surface area contributed by atoms with Crippen LogP contribution in [-0.2, 0) is 16.0 Å². The summed E-state index contributed by atoms with van der Waals surface area (Å²) >= 11 is 7.23. The van der Waals surface area contributed by atoms with Gasteiger partial charge in [0.25, 0.3) is 0 Å². The van der Waals surface area contributed by atoms with E-state index >= 15 is 0 Å². The Hall–Kier alpha value is -2.97. The number of hydrogen-bond acceptors (Lipinski definition) is 6. The van der Waals surface area contributed by atoms with Crippen LogP contribution in [0, 0.1) is 5.92 Å². The summed E-state index contributed by atoms with van der Waals surface area (Å²) in [7, 11) is 1.63. The Bertz CT molecular complexity index is 1050. The van der Waals surface area contributed by atoms with E-state index in [-0.39, 0.29) is 18.2 Å². The van der Waals surface area contributed by atoms with Gasteiger partial charge < -0.3 is 15.0 Å². The van der Waals surface area contributed by atoms with Crippen LogP contribution in [0.1, 0.15) is 17.0 Å². The van der Waals surface area contributed by atoms with Gasteiger partial charge in [0, 0.05) is 30.1 Å². The second-order valence-corrected chi connectivity index (χ2v) is 8.40. The fourth-order valence-corrected chi connectivity index (χ4v) is 4.16. The Morgan fingerprint density at radius 1 is 1.20 bits per heavy atom. The average Bonchev–Trinajstić information content (AvgIpc) is 3.35. The molecule has 4 rings (SSSR count). The number of methoxy groups -OCH3 is 1. The van der Waals surface area contributed by atoms with E-state index < -0.39 is 5.92 Å². The SMILES string of the molecule is COc1ccc(Cc2nnc(NC(=O)C3CC(=O)N(c4ccc(Cl)cc4)C3)s2)cc1. The van der Waals surface area contributed by atoms with Crippen molar-refractivity contribution in [3.63, 3.8) is 0 Å². The minimum atomic E-state index is -0.442. The summed E-state index contributed by atoms with van der Waals surface area (Å²) in [6, 6.07) is 14.7. The fourth-order valence-electron chi connectivity index (χ4n) is 3.25. The number of carbonyl (C=O) groups is 2. The zero-order valence-corrected chi connectivity index (χ0v) is 17.7. The second-order valence-electron chi connectivity index (χ2n) is 6.90. The second kappa shape index (κ2) is 8.81. The molecule has 154 valence electrons. The monoisotopic (exact) mass is 442 g/mol. The molecule has 2 aromatic carbocycles. The van der Waals surface area contributed by atoms with Crippen molar-refractivity contribution in [2.24, 2.45) is 5.92 Å². The maximum atomic E-state index is 12.6. The van der Waals surface area contributed by atoms with E-state index in [2.05, 4.69) is 15.5 Å². The molecule has 1 aliphatic rings. The van der Waals surface area contributed by atoms with Crippen molar-refractivity contribution in [3.8, 4) is 5.75 Å². The summed E-state index contributed by atoms with van der Waals surface area (Å²) in [5, 5.41) is 12.8. The fraction of sp³-hybridized carbons (Fsp3) is 0.238. The van der Waals surface area contributed by atoms with Crippen LogP contribution in [0.15, 0.2) is 48.5 Å². The molecule has 1 aliphatic heterocycles. The van der Waals surface area contributed by atoms with Gasteiger partial charge in [-0.25, -0.2) is 0 Å². The summed E-state index contributed by atoms with van der Waals surface area (Å²) in [6.07, 6.45) is 0.774. The maximum Gasteiger partial charge on any atom is 0.231 e. The Labute approximate surface area is 182 Å². The molecule has 30 heavy (non-hydrogen) atoms. The minimum Gasteiger partial charge on any atom is -0.497 e. The highest BCUT2D eigenvalue weighted by Crippen LogP contribution is 2.28. The minimum absolute atomic E-state index is 0.0880. The molecule has 0 spiro atoms. The third kappa shape index (κ3) is 4.60. The van der Waals surface area contributed by atoms with Crippen molar-refractivity contribution in [1.82, 2.24) is 10.2 Å². The van der Waals surface area contributed by atoms with Gasteiger partial charge in [0.15, 0.2) is 0 Å². The molecule has 1 unspecified atom stereocenters. The van der Waals surface area contributed by atoms with Gasteiger partial charge in [0.05, 0.1) is 13.0 Å². The Morgan fingerprint density at radius 3 is 2.63 bits per heavy atom. The number of carbonyl (C=O) groups excluding carboxylic acids is 2. The van der Waals surface area contributed by atoms with Crippen molar-refractivity contribution in [1.29, 1.82) is 0 Å². The van der Waals surface area contributed by atoms with E-state index in [9.17, 15) is 9.59 Å². The number of benzene rings is 2. The van der Waals surface area contributed by atoms with Crippen LogP contribution >= 0.6 is 22.9 Å². The van der Waals surface area contributed by atoms with Gasteiger partial charge in [-0.15, -0.1) is 10.2 Å². The van der Waals surface area contributed by atoms with Crippen molar-refractivity contribution in [2.45, 2.75) is 12.8 Å². The lowest BCUT2D eigenvalue weighted by Crippen LogP contribution is -2.28. The standard InChI is InChI=1S/C21H19ClN4O3S/c1-29-17-8-2-13(3-9-17)10-18-24-25-21(30-18)23-20(28)14-11-19(27)26(12-14)16-6-4-15(22)5-7-16/h2-9,14H,10-12H2,1H3,(H,23,25,28). The summed E-state index contributed by atoms with van der Waals surface area (Å²) in [6.45, 7) is 0.323. The predicted octanol–water partition coefficient (Wildman–Crippen LogP) is 3.78. The largest absolute Gasteiger partial charge is 0.497 e. The zero-order valence-electron chi connectivity index (χ0n) is 16.2. The van der Waals surface area contributed by atoms with Crippen LogP contribution in [0.5, 0.6) is 5.75 Å². The van der Waals surface area contributed by atoms with Gasteiger partial charge in [0.2, 0.25) is 16.9 Å². The molecule has 9 heteroatoms. The third-order valence-electron chi connectivity index (χ3n) is 4.85. The Kier molecular flexibility index (Phi) is 5.96. The molecule has 0 radical (unpaired) electrons. The van der Waals surface area contributed by atoms with Crippen molar-refractivity contribution in [3.05, 3.63) is 64.1 Å². The lowest BCUT2D eigenvalue weighted by atomic mass is 10.1. The number of ether oxygens (including phenoxy) is 1. The molecule has 1 aromatic heterocycles. The third-order valence-corrected chi connectivity index (χ3v) is 5.94. The normalized spacial score (nSPS) is 16.0. The van der Waals surface area contributed by atoms with Crippen LogP contribution in [0.25, 0.3) is 0 Å². The first-order chi connectivity index (χ1) is 14.5. The summed E-state index contributed by atoms with van der Waals surface area (Å²) in [5.41, 5.74) is 1.81. The first kappa shape index (κ1) is 20.3. The van der Waals surface area contributed by atoms with Gasteiger partial charge in [-0.2, -0.15) is 0 Å². The Morgan fingerprint density at radius 2 is 1.93 bits per heavy atom. The predicted molar refractivity (Wildman–Crippen MR) is 116 cm³/mol. The van der Waals surface area contributed by atoms with E-state index in [0.29, 0.717) is 23.1 Å². The Balaban J connectivity index is 1.36. The van der Waals surface area contributed by atoms with Gasteiger partial charge in [0.1, 0.15) is 10.8 Å². The molecule has 7 nitrogen and oxygen atoms in total. The van der Waals surface area contributed by atoms with Crippen LogP contribution in [0.3, 0.4) is 0 Å². The topological polar surface area (TPSA) is 84.4 Å². The van der Waals surface area contributed by atoms with Gasteiger partial charge in [-0.3, -0.25) is 9.59 Å². The van der Waals surface area contributed by atoms with Gasteiger partial charge in [-0.05, 0) is 42.0 Å². The molecule has 1 saturated heterocycles. The van der Waals surface area contributed by atoms with Crippen LogP contribution in [-0.4, -0.2) is 35.7 Å². The number of aromatic nitrogens is 2. The van der Waals surface area contributed by atoms with E-state index in [1.807, 2.05) is 24.3 Å². The molecule has 0 saturated carbocycles. The lowest BCUT2D eigenvalue weighted by Gasteiger charge is -2.16. The molecule has 1 N–H and O–H groups in total. The highest BCUT2D eigenvalue weighted by atomic mass is 35.5. The number of anilines is 2. The van der Waals surface area contributed by atoms with E-state index in [1.165, 1.54) is 11.3 Å². The molecular weight excluding hydrogens is 424 g/mol. The molecule has 1 atom stereocenters. The van der Waals surface area contributed by atoms with Gasteiger partial charge in [-0.1, -0.05) is 35.1 Å². The van der Waals surface area contributed by atoms with Crippen LogP contribution in [0.2, 0.25) is 5.02 Å². The van der Waals surface area contributed by atoms with Crippen LogP contribution in [0.4, 0.5) is 10.8 Å². The quantitative estimate of drug-likeness (QED) is 0.628. The van der Waals surface area contributed by atoms with E-state index in [1.54, 1.807) is 36.3 Å².